The topological polar surface area (TPSA) is 45.1 Å². The number of aromatic nitrogens is 1. The van der Waals surface area contributed by atoms with Crippen LogP contribution in [0.4, 0.5) is 5.82 Å². The zero-order valence-electron chi connectivity index (χ0n) is 11.5. The summed E-state index contributed by atoms with van der Waals surface area (Å²) in [6.07, 6.45) is 0.289. The third-order valence-corrected chi connectivity index (χ3v) is 4.11. The van der Waals surface area contributed by atoms with Crippen LogP contribution >= 0.6 is 0 Å². The normalized spacial score (nSPS) is 20.4. The summed E-state index contributed by atoms with van der Waals surface area (Å²) in [5.41, 5.74) is 3.34. The number of rotatable bonds is 2. The van der Waals surface area contributed by atoms with Gasteiger partial charge < -0.3 is 10.4 Å². The summed E-state index contributed by atoms with van der Waals surface area (Å²) in [5, 5.41) is 14.8. The number of nitrogens with one attached hydrogen (secondary N) is 1. The Bertz CT molecular complexity index is 800. The molecule has 4 rings (SSSR count). The second-order valence-electron chi connectivity index (χ2n) is 5.48. The van der Waals surface area contributed by atoms with Gasteiger partial charge in [0.1, 0.15) is 5.82 Å². The molecule has 0 fully saturated rings. The number of aliphatic hydroxyl groups is 1. The lowest BCUT2D eigenvalue weighted by Gasteiger charge is -2.18. The highest BCUT2D eigenvalue weighted by Gasteiger charge is 2.30. The fraction of sp³-hybridized carbons (Fsp3) is 0.167. The summed E-state index contributed by atoms with van der Waals surface area (Å²) in [6.45, 7) is 0. The molecule has 2 atom stereocenters. The van der Waals surface area contributed by atoms with Crippen molar-refractivity contribution in [1.29, 1.82) is 0 Å². The van der Waals surface area contributed by atoms with Gasteiger partial charge in [0.15, 0.2) is 0 Å². The van der Waals surface area contributed by atoms with Crippen molar-refractivity contribution in [1.82, 2.24) is 4.98 Å². The van der Waals surface area contributed by atoms with E-state index >= 15 is 0 Å². The van der Waals surface area contributed by atoms with E-state index < -0.39 is 6.10 Å². The Balaban J connectivity index is 1.68. The van der Waals surface area contributed by atoms with Crippen LogP contribution in [0.2, 0.25) is 0 Å². The maximum Gasteiger partial charge on any atom is 0.127 e. The lowest BCUT2D eigenvalue weighted by molar-refractivity contribution is 0.165. The SMILES string of the molecule is O[C@@H]1Cc2ccccc2[C@@H]1Nc1ccc2ccccc2n1. The molecule has 0 unspecified atom stereocenters. The second-order valence-corrected chi connectivity index (χ2v) is 5.48. The third-order valence-electron chi connectivity index (χ3n) is 4.11. The van der Waals surface area contributed by atoms with E-state index in [2.05, 4.69) is 28.5 Å². The summed E-state index contributed by atoms with van der Waals surface area (Å²) in [5.74, 6) is 0.800. The molecule has 1 heterocycles. The molecule has 104 valence electrons. The minimum absolute atomic E-state index is 0.0881. The number of aliphatic hydroxyl groups excluding tert-OH is 1. The minimum atomic E-state index is -0.407. The van der Waals surface area contributed by atoms with Gasteiger partial charge in [0, 0.05) is 11.8 Å². The van der Waals surface area contributed by atoms with Gasteiger partial charge in [-0.05, 0) is 29.3 Å². The van der Waals surface area contributed by atoms with Gasteiger partial charge in [-0.15, -0.1) is 0 Å². The lowest BCUT2D eigenvalue weighted by Crippen LogP contribution is -2.21. The molecule has 1 aromatic heterocycles. The van der Waals surface area contributed by atoms with E-state index in [0.29, 0.717) is 6.42 Å². The number of benzene rings is 2. The van der Waals surface area contributed by atoms with E-state index in [1.807, 2.05) is 42.5 Å². The Morgan fingerprint density at radius 1 is 0.952 bits per heavy atom. The van der Waals surface area contributed by atoms with Crippen molar-refractivity contribution in [3.05, 3.63) is 71.8 Å². The van der Waals surface area contributed by atoms with E-state index in [4.69, 9.17) is 0 Å². The molecule has 3 aromatic rings. The summed E-state index contributed by atoms with van der Waals surface area (Å²) in [7, 11) is 0. The van der Waals surface area contributed by atoms with Crippen molar-refractivity contribution >= 4 is 16.7 Å². The predicted octanol–water partition coefficient (Wildman–Crippen LogP) is 3.31. The third kappa shape index (κ3) is 2.16. The molecule has 2 N–H and O–H groups in total. The average Bonchev–Trinajstić information content (AvgIpc) is 2.83. The minimum Gasteiger partial charge on any atom is -0.390 e. The first-order valence-electron chi connectivity index (χ1n) is 7.19. The van der Waals surface area contributed by atoms with Gasteiger partial charge in [0.25, 0.3) is 0 Å². The van der Waals surface area contributed by atoms with Gasteiger partial charge in [0.2, 0.25) is 0 Å². The van der Waals surface area contributed by atoms with E-state index in [0.717, 1.165) is 16.7 Å². The fourth-order valence-electron chi connectivity index (χ4n) is 3.05. The zero-order valence-corrected chi connectivity index (χ0v) is 11.5. The first kappa shape index (κ1) is 12.4. The van der Waals surface area contributed by atoms with Gasteiger partial charge >= 0.3 is 0 Å². The summed E-state index contributed by atoms with van der Waals surface area (Å²) >= 11 is 0. The summed E-state index contributed by atoms with van der Waals surface area (Å²) in [4.78, 5) is 4.62. The quantitative estimate of drug-likeness (QED) is 0.755. The van der Waals surface area contributed by atoms with Gasteiger partial charge in [-0.25, -0.2) is 4.98 Å². The largest absolute Gasteiger partial charge is 0.390 e. The predicted molar refractivity (Wildman–Crippen MR) is 84.3 cm³/mol. The number of para-hydroxylation sites is 1. The first-order valence-corrected chi connectivity index (χ1v) is 7.19. The van der Waals surface area contributed by atoms with Crippen molar-refractivity contribution in [2.75, 3.05) is 5.32 Å². The second kappa shape index (κ2) is 4.86. The van der Waals surface area contributed by atoms with Crippen molar-refractivity contribution < 1.29 is 5.11 Å². The molecule has 2 aromatic carbocycles. The molecule has 0 aliphatic heterocycles. The Morgan fingerprint density at radius 2 is 1.76 bits per heavy atom. The molecular formula is C18H16N2O. The van der Waals surface area contributed by atoms with E-state index in [1.165, 1.54) is 11.1 Å². The van der Waals surface area contributed by atoms with Gasteiger partial charge in [0.05, 0.1) is 17.7 Å². The molecule has 1 aliphatic rings. The van der Waals surface area contributed by atoms with Crippen LogP contribution in [-0.4, -0.2) is 16.2 Å². The highest BCUT2D eigenvalue weighted by molar-refractivity contribution is 5.80. The Labute approximate surface area is 123 Å². The van der Waals surface area contributed by atoms with Crippen LogP contribution in [0.25, 0.3) is 10.9 Å². The van der Waals surface area contributed by atoms with Crippen molar-refractivity contribution in [3.8, 4) is 0 Å². The first-order chi connectivity index (χ1) is 10.3. The molecule has 0 spiro atoms. The molecule has 0 saturated heterocycles. The molecule has 0 radical (unpaired) electrons. The average molecular weight is 276 g/mol. The van der Waals surface area contributed by atoms with Gasteiger partial charge in [-0.3, -0.25) is 0 Å². The molecule has 0 amide bonds. The number of hydrogen-bond donors (Lipinski definition) is 2. The molecule has 0 saturated carbocycles. The number of nitrogens with zero attached hydrogens (tertiary/aromatic N) is 1. The lowest BCUT2D eigenvalue weighted by atomic mass is 10.1. The van der Waals surface area contributed by atoms with Crippen LogP contribution in [0, 0.1) is 0 Å². The maximum atomic E-state index is 10.3. The standard InChI is InChI=1S/C18H16N2O/c21-16-11-13-6-1-3-7-14(13)18(16)20-17-10-9-12-5-2-4-8-15(12)19-17/h1-10,16,18,21H,11H2,(H,19,20)/t16-,18+/m1/s1. The zero-order chi connectivity index (χ0) is 14.2. The van der Waals surface area contributed by atoms with Crippen molar-refractivity contribution in [2.45, 2.75) is 18.6 Å². The van der Waals surface area contributed by atoms with Crippen molar-refractivity contribution in [3.63, 3.8) is 0 Å². The van der Waals surface area contributed by atoms with Gasteiger partial charge in [-0.2, -0.15) is 0 Å². The number of anilines is 1. The number of fused-ring (bicyclic) bond motifs is 2. The number of hydrogen-bond acceptors (Lipinski definition) is 3. The van der Waals surface area contributed by atoms with Crippen LogP contribution in [0.5, 0.6) is 0 Å². The summed E-state index contributed by atoms with van der Waals surface area (Å²) in [6, 6.07) is 20.2. The maximum absolute atomic E-state index is 10.3. The van der Waals surface area contributed by atoms with E-state index in [9.17, 15) is 5.11 Å². The van der Waals surface area contributed by atoms with Crippen LogP contribution in [0.1, 0.15) is 17.2 Å². The van der Waals surface area contributed by atoms with Gasteiger partial charge in [-0.1, -0.05) is 42.5 Å². The molecule has 0 bridgehead atoms. The fourth-order valence-corrected chi connectivity index (χ4v) is 3.05. The summed E-state index contributed by atoms with van der Waals surface area (Å²) < 4.78 is 0. The van der Waals surface area contributed by atoms with E-state index in [-0.39, 0.29) is 6.04 Å². The molecule has 21 heavy (non-hydrogen) atoms. The molecular weight excluding hydrogens is 260 g/mol. The Hall–Kier alpha value is -2.39. The highest BCUT2D eigenvalue weighted by atomic mass is 16.3. The molecule has 1 aliphatic carbocycles. The van der Waals surface area contributed by atoms with Crippen molar-refractivity contribution in [2.24, 2.45) is 0 Å². The molecule has 3 nitrogen and oxygen atoms in total. The Kier molecular flexibility index (Phi) is 2.86. The highest BCUT2D eigenvalue weighted by Crippen LogP contribution is 2.33. The number of pyridine rings is 1. The van der Waals surface area contributed by atoms with Crippen LogP contribution in [0.15, 0.2) is 60.7 Å². The van der Waals surface area contributed by atoms with Crippen LogP contribution < -0.4 is 5.32 Å². The Morgan fingerprint density at radius 3 is 2.71 bits per heavy atom. The van der Waals surface area contributed by atoms with E-state index in [1.54, 1.807) is 0 Å². The monoisotopic (exact) mass is 276 g/mol. The molecule has 3 heteroatoms. The van der Waals surface area contributed by atoms with Crippen LogP contribution in [-0.2, 0) is 6.42 Å². The van der Waals surface area contributed by atoms with Crippen LogP contribution in [0.3, 0.4) is 0 Å². The smallest absolute Gasteiger partial charge is 0.127 e.